The zero-order valence-corrected chi connectivity index (χ0v) is 13.5. The second-order valence-electron chi connectivity index (χ2n) is 4.10. The van der Waals surface area contributed by atoms with Crippen LogP contribution >= 0.6 is 27.3 Å². The fourth-order valence-corrected chi connectivity index (χ4v) is 4.79. The molecule has 0 spiro atoms. The van der Waals surface area contributed by atoms with Gasteiger partial charge in [0.15, 0.2) is 0 Å². The zero-order valence-electron chi connectivity index (χ0n) is 10.3. The zero-order chi connectivity index (χ0) is 14.2. The lowest BCUT2D eigenvalue weighted by molar-refractivity contribution is 0.473. The molecule has 2 N–H and O–H groups in total. The van der Waals surface area contributed by atoms with Crippen LogP contribution in [0.3, 0.4) is 0 Å². The Morgan fingerprint density at radius 3 is 2.53 bits per heavy atom. The van der Waals surface area contributed by atoms with Gasteiger partial charge in [-0.05, 0) is 53.0 Å². The first-order valence-corrected chi connectivity index (χ1v) is 8.48. The van der Waals surface area contributed by atoms with Crippen LogP contribution < -0.4 is 4.72 Å². The van der Waals surface area contributed by atoms with Crippen LogP contribution in [0.5, 0.6) is 5.75 Å². The van der Waals surface area contributed by atoms with Crippen molar-refractivity contribution in [2.75, 3.05) is 4.72 Å². The van der Waals surface area contributed by atoms with Gasteiger partial charge in [0.1, 0.15) is 9.96 Å². The summed E-state index contributed by atoms with van der Waals surface area (Å²) in [6.07, 6.45) is 0. The van der Waals surface area contributed by atoms with Crippen molar-refractivity contribution >= 4 is 43.0 Å². The number of hydrogen-bond acceptors (Lipinski definition) is 4. The van der Waals surface area contributed by atoms with Crippen LogP contribution in [-0.2, 0) is 10.0 Å². The van der Waals surface area contributed by atoms with Gasteiger partial charge in [-0.3, -0.25) is 4.72 Å². The molecule has 0 saturated heterocycles. The number of sulfonamides is 1. The molecule has 0 radical (unpaired) electrons. The van der Waals surface area contributed by atoms with Gasteiger partial charge in [0.2, 0.25) is 0 Å². The van der Waals surface area contributed by atoms with Crippen LogP contribution in [0, 0.1) is 13.8 Å². The Bertz CT molecular complexity index is 703. The molecule has 0 saturated carbocycles. The number of aryl methyl sites for hydroxylation is 2. The number of phenolic OH excluding ortho intramolecular Hbond substituents is 1. The van der Waals surface area contributed by atoms with Gasteiger partial charge in [0.25, 0.3) is 10.0 Å². The molecule has 2 rings (SSSR count). The number of phenols is 1. The van der Waals surface area contributed by atoms with Crippen molar-refractivity contribution in [3.63, 3.8) is 0 Å². The van der Waals surface area contributed by atoms with Crippen LogP contribution in [0.4, 0.5) is 5.69 Å². The largest absolute Gasteiger partial charge is 0.505 e. The fourth-order valence-electron chi connectivity index (χ4n) is 1.50. The summed E-state index contributed by atoms with van der Waals surface area (Å²) in [6, 6.07) is 6.50. The number of nitrogens with one attached hydrogen (secondary N) is 1. The van der Waals surface area contributed by atoms with E-state index in [0.29, 0.717) is 5.56 Å². The lowest BCUT2D eigenvalue weighted by Crippen LogP contribution is -2.11. The molecule has 0 unspecified atom stereocenters. The van der Waals surface area contributed by atoms with Gasteiger partial charge in [-0.25, -0.2) is 8.42 Å². The van der Waals surface area contributed by atoms with E-state index >= 15 is 0 Å². The molecule has 1 aromatic heterocycles. The Morgan fingerprint density at radius 1 is 1.26 bits per heavy atom. The molecule has 0 fully saturated rings. The van der Waals surface area contributed by atoms with E-state index in [0.717, 1.165) is 20.7 Å². The van der Waals surface area contributed by atoms with Crippen LogP contribution in [0.15, 0.2) is 32.3 Å². The average Bonchev–Trinajstić information content (AvgIpc) is 2.66. The second kappa shape index (κ2) is 5.15. The molecule has 102 valence electrons. The lowest BCUT2D eigenvalue weighted by atomic mass is 10.2. The summed E-state index contributed by atoms with van der Waals surface area (Å²) in [5.74, 6) is -0.0570. The molecule has 2 aromatic rings. The summed E-state index contributed by atoms with van der Waals surface area (Å²) in [6.45, 7) is 3.53. The van der Waals surface area contributed by atoms with Crippen molar-refractivity contribution in [1.82, 2.24) is 0 Å². The predicted octanol–water partition coefficient (Wildman–Crippen LogP) is 3.63. The van der Waals surface area contributed by atoms with Gasteiger partial charge in [0.05, 0.1) is 9.47 Å². The van der Waals surface area contributed by atoms with Crippen LogP contribution in [0.2, 0.25) is 0 Å². The quantitative estimate of drug-likeness (QED) is 0.820. The maximum absolute atomic E-state index is 12.2. The number of benzene rings is 1. The van der Waals surface area contributed by atoms with Gasteiger partial charge in [-0.15, -0.1) is 11.3 Å². The van der Waals surface area contributed by atoms with E-state index in [2.05, 4.69) is 20.7 Å². The highest BCUT2D eigenvalue weighted by atomic mass is 79.9. The maximum atomic E-state index is 12.2. The highest BCUT2D eigenvalue weighted by Crippen LogP contribution is 2.33. The van der Waals surface area contributed by atoms with E-state index in [4.69, 9.17) is 0 Å². The molecule has 0 aliphatic heterocycles. The van der Waals surface area contributed by atoms with Gasteiger partial charge in [0, 0.05) is 0 Å². The molecule has 1 aromatic carbocycles. The normalized spacial score (nSPS) is 11.5. The van der Waals surface area contributed by atoms with Crippen LogP contribution in [0.25, 0.3) is 0 Å². The first-order valence-electron chi connectivity index (χ1n) is 5.38. The Labute approximate surface area is 124 Å². The highest BCUT2D eigenvalue weighted by molar-refractivity contribution is 9.11. The fraction of sp³-hybridized carbons (Fsp3) is 0.167. The maximum Gasteiger partial charge on any atom is 0.271 e. The van der Waals surface area contributed by atoms with E-state index in [1.54, 1.807) is 25.1 Å². The Morgan fingerprint density at radius 2 is 1.95 bits per heavy atom. The number of para-hydroxylation sites is 1. The third-order valence-electron chi connectivity index (χ3n) is 2.58. The summed E-state index contributed by atoms with van der Waals surface area (Å²) in [5, 5.41) is 9.83. The van der Waals surface area contributed by atoms with Crippen molar-refractivity contribution < 1.29 is 13.5 Å². The van der Waals surface area contributed by atoms with Gasteiger partial charge >= 0.3 is 0 Å². The summed E-state index contributed by atoms with van der Waals surface area (Å²) in [7, 11) is -3.68. The minimum atomic E-state index is -3.68. The Balaban J connectivity index is 2.39. The Kier molecular flexibility index (Phi) is 3.89. The van der Waals surface area contributed by atoms with Crippen molar-refractivity contribution in [3.05, 3.63) is 39.2 Å². The number of anilines is 1. The Hall–Kier alpha value is -1.05. The molecular weight excluding hydrogens is 350 g/mol. The number of rotatable bonds is 3. The smallest absolute Gasteiger partial charge is 0.271 e. The van der Waals surface area contributed by atoms with Crippen molar-refractivity contribution in [2.24, 2.45) is 0 Å². The molecule has 4 nitrogen and oxygen atoms in total. The molecule has 0 aliphatic rings. The minimum Gasteiger partial charge on any atom is -0.505 e. The topological polar surface area (TPSA) is 66.4 Å². The number of hydrogen-bond donors (Lipinski definition) is 2. The van der Waals surface area contributed by atoms with Gasteiger partial charge < -0.3 is 5.11 Å². The minimum absolute atomic E-state index is 0.0570. The van der Waals surface area contributed by atoms with E-state index in [-0.39, 0.29) is 15.6 Å². The van der Waals surface area contributed by atoms with Crippen molar-refractivity contribution in [1.29, 1.82) is 0 Å². The van der Waals surface area contributed by atoms with E-state index in [1.165, 1.54) is 6.07 Å². The lowest BCUT2D eigenvalue weighted by Gasteiger charge is -2.09. The van der Waals surface area contributed by atoms with Crippen molar-refractivity contribution in [2.45, 2.75) is 18.1 Å². The van der Waals surface area contributed by atoms with E-state index < -0.39 is 10.0 Å². The third-order valence-corrected chi connectivity index (χ3v) is 6.56. The molecular formula is C12H12BrNO3S2. The molecule has 0 bridgehead atoms. The average molecular weight is 362 g/mol. The summed E-state index contributed by atoms with van der Waals surface area (Å²) in [4.78, 5) is 0. The number of aromatic hydroxyl groups is 1. The summed E-state index contributed by atoms with van der Waals surface area (Å²) >= 11 is 4.43. The van der Waals surface area contributed by atoms with Crippen molar-refractivity contribution in [3.8, 4) is 5.75 Å². The predicted molar refractivity (Wildman–Crippen MR) is 80.4 cm³/mol. The molecule has 0 atom stereocenters. The third kappa shape index (κ3) is 2.93. The standard InChI is InChI=1S/C12H12BrNO3S2/c1-7-4-3-5-9(11(7)15)14-19(16,17)10-6-8(2)12(13)18-10/h3-6,14-15H,1-2H3. The number of thiophene rings is 1. The first-order chi connectivity index (χ1) is 8.81. The molecule has 0 aliphatic carbocycles. The van der Waals surface area contributed by atoms with Crippen LogP contribution in [-0.4, -0.2) is 13.5 Å². The SMILES string of the molecule is Cc1cc(S(=O)(=O)Nc2cccc(C)c2O)sc1Br. The number of halogens is 1. The van der Waals surface area contributed by atoms with Gasteiger partial charge in [-0.1, -0.05) is 12.1 Å². The van der Waals surface area contributed by atoms with E-state index in [9.17, 15) is 13.5 Å². The molecule has 19 heavy (non-hydrogen) atoms. The molecule has 7 heteroatoms. The van der Waals surface area contributed by atoms with E-state index in [1.807, 2.05) is 6.92 Å². The summed E-state index contributed by atoms with van der Waals surface area (Å²) < 4.78 is 27.8. The molecule has 0 amide bonds. The van der Waals surface area contributed by atoms with Crippen LogP contribution in [0.1, 0.15) is 11.1 Å². The first kappa shape index (κ1) is 14.4. The monoisotopic (exact) mass is 361 g/mol. The summed E-state index contributed by atoms with van der Waals surface area (Å²) in [5.41, 5.74) is 1.66. The second-order valence-corrected chi connectivity index (χ2v) is 8.38. The molecule has 1 heterocycles. The highest BCUT2D eigenvalue weighted by Gasteiger charge is 2.20. The van der Waals surface area contributed by atoms with Gasteiger partial charge in [-0.2, -0.15) is 0 Å².